The summed E-state index contributed by atoms with van der Waals surface area (Å²) in [6.45, 7) is 0.642. The lowest BCUT2D eigenvalue weighted by Gasteiger charge is -2.26. The Morgan fingerprint density at radius 3 is 2.48 bits per heavy atom. The highest BCUT2D eigenvalue weighted by Crippen LogP contribution is 2.29. The van der Waals surface area contributed by atoms with Crippen LogP contribution in [-0.4, -0.2) is 25.6 Å². The van der Waals surface area contributed by atoms with E-state index in [-0.39, 0.29) is 11.4 Å². The lowest BCUT2D eigenvalue weighted by Crippen LogP contribution is -2.35. The molecule has 0 saturated heterocycles. The molecule has 0 unspecified atom stereocenters. The number of halogens is 3. The predicted molar refractivity (Wildman–Crippen MR) is 78.7 cm³/mol. The third-order valence-corrected chi connectivity index (χ3v) is 6.29. The molecule has 1 aliphatic rings. The summed E-state index contributed by atoms with van der Waals surface area (Å²) in [6, 6.07) is 6.23. The van der Waals surface area contributed by atoms with Crippen LogP contribution in [-0.2, 0) is 23.0 Å². The van der Waals surface area contributed by atoms with Gasteiger partial charge in [0.05, 0.1) is 4.90 Å². The van der Waals surface area contributed by atoms with E-state index in [1.807, 2.05) is 11.4 Å². The van der Waals surface area contributed by atoms with E-state index in [9.17, 15) is 21.6 Å². The van der Waals surface area contributed by atoms with Crippen molar-refractivity contribution in [1.82, 2.24) is 4.31 Å². The molecule has 1 aromatic heterocycles. The van der Waals surface area contributed by atoms with Gasteiger partial charge >= 0.3 is 6.36 Å². The Bertz CT molecular complexity index is 797. The van der Waals surface area contributed by atoms with Crippen LogP contribution in [0.5, 0.6) is 5.75 Å². The van der Waals surface area contributed by atoms with Crippen LogP contribution in [0.1, 0.15) is 10.4 Å². The first-order chi connectivity index (χ1) is 10.8. The first-order valence-electron chi connectivity index (χ1n) is 6.67. The second kappa shape index (κ2) is 5.81. The summed E-state index contributed by atoms with van der Waals surface area (Å²) in [5.41, 5.74) is 1.15. The fourth-order valence-corrected chi connectivity index (χ4v) is 4.82. The van der Waals surface area contributed by atoms with Gasteiger partial charge in [0.25, 0.3) is 0 Å². The van der Waals surface area contributed by atoms with Crippen LogP contribution < -0.4 is 4.74 Å². The molecule has 0 radical (unpaired) electrons. The molecule has 4 nitrogen and oxygen atoms in total. The number of alkyl halides is 3. The molecule has 0 fully saturated rings. The predicted octanol–water partition coefficient (Wildman–Crippen LogP) is 3.39. The number of hydrogen-bond donors (Lipinski definition) is 0. The fraction of sp³-hybridized carbons (Fsp3) is 0.286. The molecular weight excluding hydrogens is 351 g/mol. The Balaban J connectivity index is 1.80. The van der Waals surface area contributed by atoms with E-state index in [2.05, 4.69) is 4.74 Å². The normalized spacial score (nSPS) is 16.1. The van der Waals surface area contributed by atoms with Crippen molar-refractivity contribution in [3.05, 3.63) is 46.2 Å². The quantitative estimate of drug-likeness (QED) is 0.840. The molecule has 0 spiro atoms. The molecule has 0 bridgehead atoms. The SMILES string of the molecule is O=S(=O)(c1ccc(OC(F)(F)F)cc1)N1CCc2ccsc2C1. The topological polar surface area (TPSA) is 46.6 Å². The molecule has 0 atom stereocenters. The van der Waals surface area contributed by atoms with Gasteiger partial charge in [-0.2, -0.15) is 4.31 Å². The average Bonchev–Trinajstić information content (AvgIpc) is 2.93. The van der Waals surface area contributed by atoms with Gasteiger partial charge in [0.15, 0.2) is 0 Å². The maximum Gasteiger partial charge on any atom is 0.573 e. The summed E-state index contributed by atoms with van der Waals surface area (Å²) in [5.74, 6) is -0.448. The van der Waals surface area contributed by atoms with E-state index < -0.39 is 22.1 Å². The Morgan fingerprint density at radius 2 is 1.83 bits per heavy atom. The molecule has 0 N–H and O–H groups in total. The van der Waals surface area contributed by atoms with E-state index in [1.54, 1.807) is 0 Å². The van der Waals surface area contributed by atoms with Crippen molar-refractivity contribution in [2.75, 3.05) is 6.54 Å². The number of nitrogens with zero attached hydrogens (tertiary/aromatic N) is 1. The highest BCUT2D eigenvalue weighted by molar-refractivity contribution is 7.89. The second-order valence-electron chi connectivity index (χ2n) is 4.98. The molecule has 3 rings (SSSR count). The van der Waals surface area contributed by atoms with Crippen LogP contribution in [0.15, 0.2) is 40.6 Å². The van der Waals surface area contributed by atoms with Crippen molar-refractivity contribution >= 4 is 21.4 Å². The van der Waals surface area contributed by atoms with Crippen molar-refractivity contribution in [3.8, 4) is 5.75 Å². The van der Waals surface area contributed by atoms with Gasteiger partial charge in [-0.3, -0.25) is 0 Å². The zero-order chi connectivity index (χ0) is 16.7. The average molecular weight is 363 g/mol. The van der Waals surface area contributed by atoms with Crippen LogP contribution >= 0.6 is 11.3 Å². The Labute approximate surface area is 135 Å². The zero-order valence-electron chi connectivity index (χ0n) is 11.7. The van der Waals surface area contributed by atoms with Crippen LogP contribution in [0.2, 0.25) is 0 Å². The monoisotopic (exact) mass is 363 g/mol. The Kier molecular flexibility index (Phi) is 4.11. The first kappa shape index (κ1) is 16.3. The number of thiophene rings is 1. The fourth-order valence-electron chi connectivity index (χ4n) is 2.38. The van der Waals surface area contributed by atoms with Crippen LogP contribution in [0.4, 0.5) is 13.2 Å². The van der Waals surface area contributed by atoms with Gasteiger partial charge in [-0.1, -0.05) is 0 Å². The number of sulfonamides is 1. The van der Waals surface area contributed by atoms with Crippen molar-refractivity contribution < 1.29 is 26.3 Å². The van der Waals surface area contributed by atoms with E-state index in [4.69, 9.17) is 0 Å². The van der Waals surface area contributed by atoms with Crippen LogP contribution in [0.3, 0.4) is 0 Å². The minimum absolute atomic E-state index is 0.0490. The minimum Gasteiger partial charge on any atom is -0.406 e. The van der Waals surface area contributed by atoms with Gasteiger partial charge in [0, 0.05) is 18.0 Å². The van der Waals surface area contributed by atoms with Crippen molar-refractivity contribution in [2.45, 2.75) is 24.2 Å². The van der Waals surface area contributed by atoms with Crippen molar-refractivity contribution in [2.24, 2.45) is 0 Å². The van der Waals surface area contributed by atoms with Gasteiger partial charge in [-0.25, -0.2) is 8.42 Å². The minimum atomic E-state index is -4.80. The van der Waals surface area contributed by atoms with Crippen molar-refractivity contribution in [1.29, 1.82) is 0 Å². The zero-order valence-corrected chi connectivity index (χ0v) is 13.3. The van der Waals surface area contributed by atoms with E-state index in [1.165, 1.54) is 15.6 Å². The smallest absolute Gasteiger partial charge is 0.406 e. The summed E-state index contributed by atoms with van der Waals surface area (Å²) in [6.07, 6.45) is -4.17. The maximum absolute atomic E-state index is 12.6. The summed E-state index contributed by atoms with van der Waals surface area (Å²) < 4.78 is 66.6. The van der Waals surface area contributed by atoms with Crippen LogP contribution in [0.25, 0.3) is 0 Å². The third kappa shape index (κ3) is 3.51. The van der Waals surface area contributed by atoms with Crippen LogP contribution in [0, 0.1) is 0 Å². The summed E-state index contributed by atoms with van der Waals surface area (Å²) in [4.78, 5) is 0.948. The number of rotatable bonds is 3. The largest absolute Gasteiger partial charge is 0.573 e. The lowest BCUT2D eigenvalue weighted by molar-refractivity contribution is -0.274. The molecule has 9 heteroatoms. The van der Waals surface area contributed by atoms with Crippen molar-refractivity contribution in [3.63, 3.8) is 0 Å². The first-order valence-corrected chi connectivity index (χ1v) is 8.99. The molecule has 1 aliphatic heterocycles. The number of hydrogen-bond acceptors (Lipinski definition) is 4. The van der Waals surface area contributed by atoms with Gasteiger partial charge < -0.3 is 4.74 Å². The molecule has 2 heterocycles. The third-order valence-electron chi connectivity index (χ3n) is 3.48. The molecule has 2 aromatic rings. The molecule has 0 saturated carbocycles. The van der Waals surface area contributed by atoms with Gasteiger partial charge in [0.1, 0.15) is 5.75 Å². The number of ether oxygens (including phenoxy) is 1. The molecule has 124 valence electrons. The van der Waals surface area contributed by atoms with Gasteiger partial charge in [0.2, 0.25) is 10.0 Å². The Hall–Kier alpha value is -1.58. The standard InChI is InChI=1S/C14H12F3NO3S2/c15-14(16,17)21-11-1-3-12(4-2-11)23(19,20)18-7-5-10-6-8-22-13(10)9-18/h1-4,6,8H,5,7,9H2. The molecule has 23 heavy (non-hydrogen) atoms. The van der Waals surface area contributed by atoms with Gasteiger partial charge in [-0.15, -0.1) is 24.5 Å². The summed E-state index contributed by atoms with van der Waals surface area (Å²) in [5, 5.41) is 1.92. The van der Waals surface area contributed by atoms with E-state index in [0.29, 0.717) is 13.0 Å². The summed E-state index contributed by atoms with van der Waals surface area (Å²) >= 11 is 1.50. The highest BCUT2D eigenvalue weighted by atomic mass is 32.2. The number of benzene rings is 1. The summed E-state index contributed by atoms with van der Waals surface area (Å²) in [7, 11) is -3.74. The molecule has 0 amide bonds. The number of fused-ring (bicyclic) bond motifs is 1. The molecule has 0 aliphatic carbocycles. The van der Waals surface area contributed by atoms with E-state index >= 15 is 0 Å². The highest BCUT2D eigenvalue weighted by Gasteiger charge is 2.32. The molecular formula is C14H12F3NO3S2. The van der Waals surface area contributed by atoms with E-state index in [0.717, 1.165) is 34.7 Å². The second-order valence-corrected chi connectivity index (χ2v) is 7.92. The maximum atomic E-state index is 12.6. The molecule has 1 aromatic carbocycles. The Morgan fingerprint density at radius 1 is 1.13 bits per heavy atom. The van der Waals surface area contributed by atoms with Gasteiger partial charge in [-0.05, 0) is 47.7 Å². The lowest BCUT2D eigenvalue weighted by atomic mass is 10.1.